The summed E-state index contributed by atoms with van der Waals surface area (Å²) in [4.78, 5) is 0. The van der Waals surface area contributed by atoms with Crippen molar-refractivity contribution < 1.29 is 9.47 Å². The fourth-order valence-electron chi connectivity index (χ4n) is 2.44. The van der Waals surface area contributed by atoms with Crippen LogP contribution in [-0.2, 0) is 9.47 Å². The zero-order valence-electron chi connectivity index (χ0n) is 10.2. The monoisotopic (exact) mass is 215 g/mol. The van der Waals surface area contributed by atoms with Gasteiger partial charge in [0.1, 0.15) is 0 Å². The van der Waals surface area contributed by atoms with Crippen molar-refractivity contribution in [1.82, 2.24) is 0 Å². The number of nitrogens with two attached hydrogens (primary N) is 1. The highest BCUT2D eigenvalue weighted by atomic mass is 16.5. The zero-order chi connectivity index (χ0) is 11.3. The third-order valence-corrected chi connectivity index (χ3v) is 3.59. The molecular formula is C12H25NO2. The van der Waals surface area contributed by atoms with Crippen LogP contribution in [0.2, 0.25) is 0 Å². The maximum absolute atomic E-state index is 6.29. The van der Waals surface area contributed by atoms with Crippen LogP contribution in [0.1, 0.15) is 33.1 Å². The highest BCUT2D eigenvalue weighted by Crippen LogP contribution is 2.29. The maximum Gasteiger partial charge on any atom is 0.0616 e. The fraction of sp³-hybridized carbons (Fsp3) is 1.00. The molecule has 4 unspecified atom stereocenters. The highest BCUT2D eigenvalue weighted by molar-refractivity contribution is 4.86. The molecule has 4 atom stereocenters. The van der Waals surface area contributed by atoms with Crippen LogP contribution >= 0.6 is 0 Å². The summed E-state index contributed by atoms with van der Waals surface area (Å²) >= 11 is 0. The van der Waals surface area contributed by atoms with E-state index in [-0.39, 0.29) is 6.04 Å². The van der Waals surface area contributed by atoms with Crippen molar-refractivity contribution >= 4 is 0 Å². The average molecular weight is 215 g/mol. The van der Waals surface area contributed by atoms with Gasteiger partial charge >= 0.3 is 0 Å². The van der Waals surface area contributed by atoms with Gasteiger partial charge in [-0.15, -0.1) is 0 Å². The Bertz CT molecular complexity index is 175. The van der Waals surface area contributed by atoms with Gasteiger partial charge in [0, 0.05) is 32.3 Å². The van der Waals surface area contributed by atoms with E-state index >= 15 is 0 Å². The SMILES string of the molecule is CCC1OCCC1C(N)C(C)CCOC. The topological polar surface area (TPSA) is 44.5 Å². The second-order valence-corrected chi connectivity index (χ2v) is 4.61. The summed E-state index contributed by atoms with van der Waals surface area (Å²) in [6.07, 6.45) is 3.63. The molecule has 3 nitrogen and oxygen atoms in total. The molecule has 15 heavy (non-hydrogen) atoms. The molecule has 1 aliphatic heterocycles. The number of ether oxygens (including phenoxy) is 2. The van der Waals surface area contributed by atoms with Gasteiger partial charge < -0.3 is 15.2 Å². The molecular weight excluding hydrogens is 190 g/mol. The minimum atomic E-state index is 0.257. The van der Waals surface area contributed by atoms with Gasteiger partial charge in [0.15, 0.2) is 0 Å². The Balaban J connectivity index is 2.40. The molecule has 90 valence electrons. The van der Waals surface area contributed by atoms with Crippen LogP contribution in [0.5, 0.6) is 0 Å². The summed E-state index contributed by atoms with van der Waals surface area (Å²) in [5.41, 5.74) is 6.29. The van der Waals surface area contributed by atoms with Crippen LogP contribution in [-0.4, -0.2) is 32.5 Å². The van der Waals surface area contributed by atoms with E-state index in [4.69, 9.17) is 15.2 Å². The van der Waals surface area contributed by atoms with E-state index in [0.29, 0.717) is 17.9 Å². The zero-order valence-corrected chi connectivity index (χ0v) is 10.2. The molecule has 0 aromatic rings. The highest BCUT2D eigenvalue weighted by Gasteiger charge is 2.33. The van der Waals surface area contributed by atoms with E-state index in [1.165, 1.54) is 0 Å². The predicted octanol–water partition coefficient (Wildman–Crippen LogP) is 1.80. The van der Waals surface area contributed by atoms with Crippen LogP contribution in [0.15, 0.2) is 0 Å². The smallest absolute Gasteiger partial charge is 0.0616 e. The summed E-state index contributed by atoms with van der Waals surface area (Å²) in [7, 11) is 1.74. The summed E-state index contributed by atoms with van der Waals surface area (Å²) in [5, 5.41) is 0. The van der Waals surface area contributed by atoms with Gasteiger partial charge in [-0.2, -0.15) is 0 Å². The third-order valence-electron chi connectivity index (χ3n) is 3.59. The van der Waals surface area contributed by atoms with Crippen molar-refractivity contribution in [2.45, 2.75) is 45.3 Å². The lowest BCUT2D eigenvalue weighted by atomic mass is 9.83. The number of methoxy groups -OCH3 is 1. The molecule has 0 aliphatic carbocycles. The summed E-state index contributed by atoms with van der Waals surface area (Å²) in [6.45, 7) is 6.08. The van der Waals surface area contributed by atoms with Crippen molar-refractivity contribution in [3.63, 3.8) is 0 Å². The van der Waals surface area contributed by atoms with Crippen molar-refractivity contribution in [1.29, 1.82) is 0 Å². The molecule has 1 aliphatic rings. The van der Waals surface area contributed by atoms with E-state index in [9.17, 15) is 0 Å². The molecule has 0 saturated carbocycles. The minimum Gasteiger partial charge on any atom is -0.385 e. The largest absolute Gasteiger partial charge is 0.385 e. The second-order valence-electron chi connectivity index (χ2n) is 4.61. The maximum atomic E-state index is 6.29. The summed E-state index contributed by atoms with van der Waals surface area (Å²) in [5.74, 6) is 1.06. The quantitative estimate of drug-likeness (QED) is 0.735. The van der Waals surface area contributed by atoms with Gasteiger partial charge in [0.25, 0.3) is 0 Å². The van der Waals surface area contributed by atoms with E-state index < -0.39 is 0 Å². The van der Waals surface area contributed by atoms with Crippen molar-refractivity contribution in [2.24, 2.45) is 17.6 Å². The van der Waals surface area contributed by atoms with E-state index in [2.05, 4.69) is 13.8 Å². The molecule has 1 fully saturated rings. The lowest BCUT2D eigenvalue weighted by molar-refractivity contribution is 0.0728. The number of hydrogen-bond donors (Lipinski definition) is 1. The molecule has 2 N–H and O–H groups in total. The van der Waals surface area contributed by atoms with Gasteiger partial charge in [0.2, 0.25) is 0 Å². The lowest BCUT2D eigenvalue weighted by Gasteiger charge is -2.28. The van der Waals surface area contributed by atoms with Crippen LogP contribution in [0, 0.1) is 11.8 Å². The second kappa shape index (κ2) is 6.46. The molecule has 0 aromatic heterocycles. The van der Waals surface area contributed by atoms with E-state index in [1.807, 2.05) is 0 Å². The molecule has 0 radical (unpaired) electrons. The first-order valence-corrected chi connectivity index (χ1v) is 6.06. The van der Waals surface area contributed by atoms with Gasteiger partial charge in [-0.3, -0.25) is 0 Å². The normalized spacial score (nSPS) is 30.4. The summed E-state index contributed by atoms with van der Waals surface area (Å²) in [6, 6.07) is 0.257. The Morgan fingerprint density at radius 2 is 2.27 bits per heavy atom. The number of rotatable bonds is 6. The predicted molar refractivity (Wildman–Crippen MR) is 61.8 cm³/mol. The third kappa shape index (κ3) is 3.44. The fourth-order valence-corrected chi connectivity index (χ4v) is 2.44. The van der Waals surface area contributed by atoms with E-state index in [1.54, 1.807) is 7.11 Å². The molecule has 1 heterocycles. The van der Waals surface area contributed by atoms with Crippen LogP contribution in [0.4, 0.5) is 0 Å². The molecule has 0 bridgehead atoms. The van der Waals surface area contributed by atoms with Gasteiger partial charge in [-0.25, -0.2) is 0 Å². The Morgan fingerprint density at radius 1 is 1.53 bits per heavy atom. The van der Waals surface area contributed by atoms with Crippen molar-refractivity contribution in [2.75, 3.05) is 20.3 Å². The molecule has 0 spiro atoms. The Hall–Kier alpha value is -0.120. The van der Waals surface area contributed by atoms with Crippen LogP contribution in [0.25, 0.3) is 0 Å². The van der Waals surface area contributed by atoms with Crippen molar-refractivity contribution in [3.8, 4) is 0 Å². The minimum absolute atomic E-state index is 0.257. The molecule has 1 saturated heterocycles. The first kappa shape index (κ1) is 12.9. The first-order chi connectivity index (χ1) is 7.20. The Kier molecular flexibility index (Phi) is 5.58. The van der Waals surface area contributed by atoms with Crippen LogP contribution < -0.4 is 5.73 Å². The van der Waals surface area contributed by atoms with Crippen LogP contribution in [0.3, 0.4) is 0 Å². The van der Waals surface area contributed by atoms with Gasteiger partial charge in [-0.05, 0) is 25.2 Å². The van der Waals surface area contributed by atoms with Gasteiger partial charge in [0.05, 0.1) is 6.10 Å². The van der Waals surface area contributed by atoms with Gasteiger partial charge in [-0.1, -0.05) is 13.8 Å². The van der Waals surface area contributed by atoms with Crippen molar-refractivity contribution in [3.05, 3.63) is 0 Å². The standard InChI is InChI=1S/C12H25NO2/c1-4-11-10(6-8-15-11)12(13)9(2)5-7-14-3/h9-12H,4-8,13H2,1-3H3. The Labute approximate surface area is 93.3 Å². The lowest BCUT2D eigenvalue weighted by Crippen LogP contribution is -2.40. The van der Waals surface area contributed by atoms with E-state index in [0.717, 1.165) is 32.5 Å². The first-order valence-electron chi connectivity index (χ1n) is 6.06. The molecule has 0 aromatic carbocycles. The molecule has 0 amide bonds. The molecule has 1 rings (SSSR count). The Morgan fingerprint density at radius 3 is 2.87 bits per heavy atom. The number of hydrogen-bond acceptors (Lipinski definition) is 3. The summed E-state index contributed by atoms with van der Waals surface area (Å²) < 4.78 is 10.8. The molecule has 3 heteroatoms. The average Bonchev–Trinajstić information content (AvgIpc) is 2.72.